The third-order valence-electron chi connectivity index (χ3n) is 10.7. The minimum atomic E-state index is 0.617. The average Bonchev–Trinajstić information content (AvgIpc) is 3.06. The van der Waals surface area contributed by atoms with E-state index >= 15 is 0 Å². The maximum Gasteiger partial charge on any atom is -0.00746 e. The minimum absolute atomic E-state index is 0.617. The molecule has 4 aliphatic carbocycles. The zero-order valence-electron chi connectivity index (χ0n) is 20.1. The van der Waals surface area contributed by atoms with E-state index in [1.54, 1.807) is 6.42 Å². The molecule has 2 N–H and O–H groups in total. The largest absolute Gasteiger partial charge is 0.330 e. The normalized spacial score (nSPS) is 48.5. The van der Waals surface area contributed by atoms with Crippen molar-refractivity contribution in [2.45, 2.75) is 112 Å². The SMILES string of the molecule is CC.CC[C@H]1CC2C3CCC([C@H](C)CCN)C3(C)CC[C@@H]2C2(C)CCCCC12. The standard InChI is InChI=1S/C25H45N.C2H6/c1-5-18-16-19-22-10-9-20(17(2)12-15-26)25(22,4)14-11-23(19)24(3)13-7-6-8-21(18)24;1-2/h17-23H,5-16,26H2,1-4H3;1-2H3/t17-,18+,19?,20?,21?,22?,23+,24?,25?;/m1./s1. The van der Waals surface area contributed by atoms with Gasteiger partial charge < -0.3 is 5.73 Å². The molecule has 164 valence electrons. The van der Waals surface area contributed by atoms with E-state index in [1.807, 2.05) is 13.8 Å². The van der Waals surface area contributed by atoms with Gasteiger partial charge in [-0.25, -0.2) is 0 Å². The molecule has 0 radical (unpaired) electrons. The van der Waals surface area contributed by atoms with Crippen molar-refractivity contribution in [3.05, 3.63) is 0 Å². The van der Waals surface area contributed by atoms with Gasteiger partial charge in [0.1, 0.15) is 0 Å². The Balaban J connectivity index is 0.00000109. The summed E-state index contributed by atoms with van der Waals surface area (Å²) in [5.41, 5.74) is 7.23. The summed E-state index contributed by atoms with van der Waals surface area (Å²) in [7, 11) is 0. The van der Waals surface area contributed by atoms with Crippen molar-refractivity contribution < 1.29 is 0 Å². The first-order chi connectivity index (χ1) is 13.5. The summed E-state index contributed by atoms with van der Waals surface area (Å²) < 4.78 is 0. The highest BCUT2D eigenvalue weighted by molar-refractivity contribution is 5.10. The topological polar surface area (TPSA) is 26.0 Å². The van der Waals surface area contributed by atoms with Gasteiger partial charge >= 0.3 is 0 Å². The fourth-order valence-corrected chi connectivity index (χ4v) is 9.46. The molecule has 0 bridgehead atoms. The lowest BCUT2D eigenvalue weighted by Gasteiger charge is -2.63. The summed E-state index contributed by atoms with van der Waals surface area (Å²) in [5, 5.41) is 0. The molecular weight excluding hydrogens is 338 g/mol. The van der Waals surface area contributed by atoms with E-state index < -0.39 is 0 Å². The average molecular weight is 390 g/mol. The summed E-state index contributed by atoms with van der Waals surface area (Å²) in [6, 6.07) is 0. The highest BCUT2D eigenvalue weighted by Crippen LogP contribution is 2.69. The first-order valence-corrected chi connectivity index (χ1v) is 13.2. The Morgan fingerprint density at radius 3 is 2.29 bits per heavy atom. The molecule has 1 heteroatoms. The van der Waals surface area contributed by atoms with Crippen molar-refractivity contribution in [1.82, 2.24) is 0 Å². The summed E-state index contributed by atoms with van der Waals surface area (Å²) in [5.74, 6) is 6.92. The van der Waals surface area contributed by atoms with Gasteiger partial charge in [0.25, 0.3) is 0 Å². The van der Waals surface area contributed by atoms with E-state index in [1.165, 1.54) is 64.2 Å². The first-order valence-electron chi connectivity index (χ1n) is 13.2. The third kappa shape index (κ3) is 3.50. The smallest absolute Gasteiger partial charge is 0.00746 e. The minimum Gasteiger partial charge on any atom is -0.330 e. The van der Waals surface area contributed by atoms with Crippen LogP contribution in [0.25, 0.3) is 0 Å². The van der Waals surface area contributed by atoms with Crippen molar-refractivity contribution in [1.29, 1.82) is 0 Å². The van der Waals surface area contributed by atoms with E-state index in [0.29, 0.717) is 10.8 Å². The lowest BCUT2D eigenvalue weighted by atomic mass is 9.42. The maximum absolute atomic E-state index is 5.94. The van der Waals surface area contributed by atoms with E-state index in [0.717, 1.165) is 48.0 Å². The van der Waals surface area contributed by atoms with Gasteiger partial charge in [-0.2, -0.15) is 0 Å². The van der Waals surface area contributed by atoms with Crippen LogP contribution >= 0.6 is 0 Å². The van der Waals surface area contributed by atoms with Gasteiger partial charge in [0.05, 0.1) is 0 Å². The number of hydrogen-bond acceptors (Lipinski definition) is 1. The lowest BCUT2D eigenvalue weighted by Crippen LogP contribution is -2.55. The molecule has 0 aliphatic heterocycles. The van der Waals surface area contributed by atoms with Gasteiger partial charge in [-0.05, 0) is 110 Å². The molecule has 4 saturated carbocycles. The number of fused-ring (bicyclic) bond motifs is 5. The molecular formula is C27H51N. The Morgan fingerprint density at radius 2 is 1.61 bits per heavy atom. The fraction of sp³-hybridized carbons (Fsp3) is 1.00. The van der Waals surface area contributed by atoms with Crippen molar-refractivity contribution in [2.24, 2.45) is 58.0 Å². The van der Waals surface area contributed by atoms with Gasteiger partial charge in [-0.1, -0.05) is 60.8 Å². The molecule has 0 saturated heterocycles. The van der Waals surface area contributed by atoms with Gasteiger partial charge in [-0.3, -0.25) is 0 Å². The Kier molecular flexibility index (Phi) is 7.27. The molecule has 6 unspecified atom stereocenters. The summed E-state index contributed by atoms with van der Waals surface area (Å²) in [6.45, 7) is 15.3. The molecule has 28 heavy (non-hydrogen) atoms. The summed E-state index contributed by atoms with van der Waals surface area (Å²) in [4.78, 5) is 0. The second-order valence-corrected chi connectivity index (χ2v) is 11.4. The molecule has 4 rings (SSSR count). The Hall–Kier alpha value is -0.0400. The predicted octanol–water partition coefficient (Wildman–Crippen LogP) is 7.68. The predicted molar refractivity (Wildman–Crippen MR) is 123 cm³/mol. The molecule has 0 aromatic carbocycles. The summed E-state index contributed by atoms with van der Waals surface area (Å²) >= 11 is 0. The third-order valence-corrected chi connectivity index (χ3v) is 10.7. The monoisotopic (exact) mass is 389 g/mol. The molecule has 0 aromatic rings. The molecule has 0 aromatic heterocycles. The van der Waals surface area contributed by atoms with Crippen LogP contribution < -0.4 is 5.73 Å². The fourth-order valence-electron chi connectivity index (χ4n) is 9.46. The van der Waals surface area contributed by atoms with Gasteiger partial charge in [0, 0.05) is 0 Å². The van der Waals surface area contributed by atoms with Crippen LogP contribution in [-0.2, 0) is 0 Å². The molecule has 0 heterocycles. The molecule has 4 fully saturated rings. The van der Waals surface area contributed by atoms with E-state index in [4.69, 9.17) is 5.73 Å². The van der Waals surface area contributed by atoms with E-state index in [2.05, 4.69) is 27.7 Å². The molecule has 4 aliphatic rings. The second kappa shape index (κ2) is 8.99. The van der Waals surface area contributed by atoms with Crippen LogP contribution in [0.3, 0.4) is 0 Å². The quantitative estimate of drug-likeness (QED) is 0.524. The molecule has 9 atom stereocenters. The van der Waals surface area contributed by atoms with Crippen LogP contribution in [0.1, 0.15) is 112 Å². The van der Waals surface area contributed by atoms with Crippen molar-refractivity contribution in [2.75, 3.05) is 6.54 Å². The second-order valence-electron chi connectivity index (χ2n) is 11.4. The number of hydrogen-bond donors (Lipinski definition) is 1. The van der Waals surface area contributed by atoms with Crippen molar-refractivity contribution in [3.8, 4) is 0 Å². The van der Waals surface area contributed by atoms with Crippen LogP contribution in [0, 0.1) is 52.3 Å². The Bertz CT molecular complexity index is 500. The zero-order valence-corrected chi connectivity index (χ0v) is 20.1. The first kappa shape index (κ1) is 22.6. The van der Waals surface area contributed by atoms with E-state index in [-0.39, 0.29) is 0 Å². The van der Waals surface area contributed by atoms with Gasteiger partial charge in [0.2, 0.25) is 0 Å². The molecule has 1 nitrogen and oxygen atoms in total. The molecule has 0 spiro atoms. The van der Waals surface area contributed by atoms with Crippen LogP contribution in [0.5, 0.6) is 0 Å². The van der Waals surface area contributed by atoms with Gasteiger partial charge in [-0.15, -0.1) is 0 Å². The maximum atomic E-state index is 5.94. The van der Waals surface area contributed by atoms with Crippen molar-refractivity contribution in [3.63, 3.8) is 0 Å². The highest BCUT2D eigenvalue weighted by atomic mass is 14.7. The highest BCUT2D eigenvalue weighted by Gasteiger charge is 2.61. The van der Waals surface area contributed by atoms with Crippen LogP contribution in [0.2, 0.25) is 0 Å². The van der Waals surface area contributed by atoms with Crippen LogP contribution in [0.4, 0.5) is 0 Å². The van der Waals surface area contributed by atoms with Crippen molar-refractivity contribution >= 4 is 0 Å². The van der Waals surface area contributed by atoms with Crippen LogP contribution in [-0.4, -0.2) is 6.54 Å². The molecule has 0 amide bonds. The van der Waals surface area contributed by atoms with Gasteiger partial charge in [0.15, 0.2) is 0 Å². The zero-order chi connectivity index (χ0) is 20.5. The Labute approximate surface area is 177 Å². The van der Waals surface area contributed by atoms with E-state index in [9.17, 15) is 0 Å². The van der Waals surface area contributed by atoms with Crippen LogP contribution in [0.15, 0.2) is 0 Å². The summed E-state index contributed by atoms with van der Waals surface area (Å²) in [6.07, 6.45) is 16.4. The number of nitrogens with two attached hydrogens (primary N) is 1. The Morgan fingerprint density at radius 1 is 0.893 bits per heavy atom. The lowest BCUT2D eigenvalue weighted by molar-refractivity contribution is -0.138. The number of rotatable bonds is 4.